The third-order valence-corrected chi connectivity index (χ3v) is 2.64. The normalized spacial score (nSPS) is 10.2. The summed E-state index contributed by atoms with van der Waals surface area (Å²) in [5.74, 6) is 0.0958. The van der Waals surface area contributed by atoms with Gasteiger partial charge in [-0.25, -0.2) is 9.97 Å². The van der Waals surface area contributed by atoms with Crippen molar-refractivity contribution in [3.63, 3.8) is 0 Å². The number of hydrogen-bond donors (Lipinski definition) is 2. The lowest BCUT2D eigenvalue weighted by Gasteiger charge is -2.05. The number of rotatable bonds is 2. The predicted molar refractivity (Wildman–Crippen MR) is 67.5 cm³/mol. The first-order valence-corrected chi connectivity index (χ1v) is 5.56. The van der Waals surface area contributed by atoms with E-state index in [9.17, 15) is 4.79 Å². The first-order valence-electron chi connectivity index (χ1n) is 4.76. The van der Waals surface area contributed by atoms with Crippen LogP contribution in [-0.4, -0.2) is 20.4 Å². The molecule has 0 unspecified atom stereocenters. The van der Waals surface area contributed by atoms with E-state index in [1.54, 1.807) is 30.2 Å². The van der Waals surface area contributed by atoms with Crippen LogP contribution in [0, 0.1) is 0 Å². The molecule has 6 nitrogen and oxygen atoms in total. The number of anilines is 2. The van der Waals surface area contributed by atoms with E-state index in [1.807, 2.05) is 0 Å². The third-order valence-electron chi connectivity index (χ3n) is 2.03. The molecule has 7 heteroatoms. The molecule has 2 rings (SSSR count). The molecule has 0 aromatic carbocycles. The van der Waals surface area contributed by atoms with Crippen molar-refractivity contribution in [1.82, 2.24) is 14.5 Å². The van der Waals surface area contributed by atoms with Crippen molar-refractivity contribution in [2.75, 3.05) is 11.1 Å². The molecular formula is C10H10BrN5O. The van der Waals surface area contributed by atoms with Gasteiger partial charge >= 0.3 is 0 Å². The van der Waals surface area contributed by atoms with E-state index in [1.165, 1.54) is 6.20 Å². The SMILES string of the molecule is Cn1cnc(C(=O)Nc2ncc(N)cc2Br)c1. The Morgan fingerprint density at radius 1 is 1.53 bits per heavy atom. The first-order chi connectivity index (χ1) is 8.06. The van der Waals surface area contributed by atoms with Crippen LogP contribution in [0.3, 0.4) is 0 Å². The highest BCUT2D eigenvalue weighted by atomic mass is 79.9. The number of aromatic nitrogens is 3. The fraction of sp³-hybridized carbons (Fsp3) is 0.100. The van der Waals surface area contributed by atoms with Crippen LogP contribution >= 0.6 is 15.9 Å². The highest BCUT2D eigenvalue weighted by molar-refractivity contribution is 9.10. The van der Waals surface area contributed by atoms with E-state index in [0.717, 1.165) is 0 Å². The van der Waals surface area contributed by atoms with Crippen LogP contribution in [-0.2, 0) is 7.05 Å². The summed E-state index contributed by atoms with van der Waals surface area (Å²) >= 11 is 3.27. The van der Waals surface area contributed by atoms with Gasteiger partial charge in [0.05, 0.1) is 22.7 Å². The smallest absolute Gasteiger partial charge is 0.277 e. The van der Waals surface area contributed by atoms with Crippen LogP contribution in [0.4, 0.5) is 11.5 Å². The van der Waals surface area contributed by atoms with Gasteiger partial charge in [-0.3, -0.25) is 4.79 Å². The van der Waals surface area contributed by atoms with Crippen LogP contribution in [0.1, 0.15) is 10.5 Å². The zero-order chi connectivity index (χ0) is 12.4. The number of imidazole rings is 1. The van der Waals surface area contributed by atoms with Crippen molar-refractivity contribution in [2.24, 2.45) is 7.05 Å². The van der Waals surface area contributed by atoms with Crippen molar-refractivity contribution >= 4 is 33.3 Å². The first kappa shape index (κ1) is 11.6. The fourth-order valence-corrected chi connectivity index (χ4v) is 1.71. The molecule has 2 aromatic rings. The zero-order valence-electron chi connectivity index (χ0n) is 9.01. The maximum Gasteiger partial charge on any atom is 0.277 e. The standard InChI is InChI=1S/C10H10BrN5O/c1-16-4-8(14-5-16)10(17)15-9-7(11)2-6(12)3-13-9/h2-5H,12H2,1H3,(H,13,15,17). The predicted octanol–water partition coefficient (Wildman–Crippen LogP) is 1.41. The van der Waals surface area contributed by atoms with E-state index in [2.05, 4.69) is 31.2 Å². The molecule has 2 heterocycles. The molecule has 0 aliphatic heterocycles. The number of nitrogens with two attached hydrogens (primary N) is 1. The van der Waals surface area contributed by atoms with Gasteiger partial charge < -0.3 is 15.6 Å². The number of hydrogen-bond acceptors (Lipinski definition) is 4. The lowest BCUT2D eigenvalue weighted by molar-refractivity contribution is 0.102. The minimum Gasteiger partial charge on any atom is -0.397 e. The lowest BCUT2D eigenvalue weighted by atomic mass is 10.4. The second-order valence-electron chi connectivity index (χ2n) is 3.48. The Kier molecular flexibility index (Phi) is 3.10. The monoisotopic (exact) mass is 295 g/mol. The maximum atomic E-state index is 11.8. The quantitative estimate of drug-likeness (QED) is 0.877. The molecule has 0 saturated heterocycles. The van der Waals surface area contributed by atoms with Gasteiger partial charge in [0.1, 0.15) is 11.5 Å². The maximum absolute atomic E-state index is 11.8. The number of nitrogens with zero attached hydrogens (tertiary/aromatic N) is 3. The highest BCUT2D eigenvalue weighted by Crippen LogP contribution is 2.22. The number of nitrogens with one attached hydrogen (secondary N) is 1. The van der Waals surface area contributed by atoms with Gasteiger partial charge in [-0.2, -0.15) is 0 Å². The Balaban J connectivity index is 2.18. The highest BCUT2D eigenvalue weighted by Gasteiger charge is 2.11. The van der Waals surface area contributed by atoms with Crippen molar-refractivity contribution in [3.05, 3.63) is 35.0 Å². The molecular weight excluding hydrogens is 286 g/mol. The molecule has 0 aliphatic carbocycles. The third kappa shape index (κ3) is 2.62. The van der Waals surface area contributed by atoms with E-state index < -0.39 is 0 Å². The largest absolute Gasteiger partial charge is 0.397 e. The van der Waals surface area contributed by atoms with Gasteiger partial charge in [-0.1, -0.05) is 0 Å². The summed E-state index contributed by atoms with van der Waals surface area (Å²) in [7, 11) is 1.79. The van der Waals surface area contributed by atoms with Crippen LogP contribution < -0.4 is 11.1 Å². The van der Waals surface area contributed by atoms with Gasteiger partial charge in [-0.05, 0) is 22.0 Å². The Bertz CT molecular complexity index is 566. The molecule has 0 saturated carbocycles. The van der Waals surface area contributed by atoms with Crippen molar-refractivity contribution in [2.45, 2.75) is 0 Å². The topological polar surface area (TPSA) is 85.8 Å². The van der Waals surface area contributed by atoms with Gasteiger partial charge in [0.25, 0.3) is 5.91 Å². The lowest BCUT2D eigenvalue weighted by Crippen LogP contribution is -2.14. The molecule has 0 fully saturated rings. The van der Waals surface area contributed by atoms with E-state index in [-0.39, 0.29) is 5.91 Å². The Hall–Kier alpha value is -1.89. The molecule has 0 radical (unpaired) electrons. The summed E-state index contributed by atoms with van der Waals surface area (Å²) in [6, 6.07) is 1.67. The van der Waals surface area contributed by atoms with E-state index in [0.29, 0.717) is 21.7 Å². The Morgan fingerprint density at radius 2 is 2.29 bits per heavy atom. The second-order valence-corrected chi connectivity index (χ2v) is 4.33. The van der Waals surface area contributed by atoms with Crippen molar-refractivity contribution in [1.29, 1.82) is 0 Å². The van der Waals surface area contributed by atoms with Crippen LogP contribution in [0.15, 0.2) is 29.3 Å². The number of carbonyl (C=O) groups excluding carboxylic acids is 1. The Labute approximate surface area is 106 Å². The molecule has 0 atom stereocenters. The van der Waals surface area contributed by atoms with Gasteiger partial charge in [0.2, 0.25) is 0 Å². The molecule has 1 amide bonds. The summed E-state index contributed by atoms with van der Waals surface area (Å²) < 4.78 is 2.32. The number of carbonyl (C=O) groups is 1. The molecule has 88 valence electrons. The van der Waals surface area contributed by atoms with Crippen LogP contribution in [0.5, 0.6) is 0 Å². The van der Waals surface area contributed by atoms with Crippen molar-refractivity contribution in [3.8, 4) is 0 Å². The fourth-order valence-electron chi connectivity index (χ4n) is 1.25. The number of nitrogen functional groups attached to an aromatic ring is 1. The molecule has 17 heavy (non-hydrogen) atoms. The summed E-state index contributed by atoms with van der Waals surface area (Å²) in [6.45, 7) is 0. The number of pyridine rings is 1. The summed E-state index contributed by atoms with van der Waals surface area (Å²) in [5.41, 5.74) is 6.40. The van der Waals surface area contributed by atoms with Crippen molar-refractivity contribution < 1.29 is 4.79 Å². The number of aryl methyl sites for hydroxylation is 1. The number of amides is 1. The zero-order valence-corrected chi connectivity index (χ0v) is 10.6. The minimum atomic E-state index is -0.316. The van der Waals surface area contributed by atoms with Crippen LogP contribution in [0.2, 0.25) is 0 Å². The molecule has 0 aliphatic rings. The van der Waals surface area contributed by atoms with E-state index >= 15 is 0 Å². The van der Waals surface area contributed by atoms with Gasteiger partial charge in [0.15, 0.2) is 0 Å². The minimum absolute atomic E-state index is 0.316. The molecule has 0 spiro atoms. The van der Waals surface area contributed by atoms with Gasteiger partial charge in [-0.15, -0.1) is 0 Å². The average molecular weight is 296 g/mol. The van der Waals surface area contributed by atoms with Crippen LogP contribution in [0.25, 0.3) is 0 Å². The average Bonchev–Trinajstić information content (AvgIpc) is 2.69. The molecule has 3 N–H and O–H groups in total. The summed E-state index contributed by atoms with van der Waals surface area (Å²) in [6.07, 6.45) is 4.65. The summed E-state index contributed by atoms with van der Waals surface area (Å²) in [4.78, 5) is 19.7. The summed E-state index contributed by atoms with van der Waals surface area (Å²) in [5, 5.41) is 2.64. The second kappa shape index (κ2) is 4.54. The van der Waals surface area contributed by atoms with E-state index in [4.69, 9.17) is 5.73 Å². The molecule has 0 bridgehead atoms. The van der Waals surface area contributed by atoms with Gasteiger partial charge in [0, 0.05) is 13.2 Å². The number of halogens is 1. The Morgan fingerprint density at radius 3 is 2.88 bits per heavy atom. The molecule has 2 aromatic heterocycles.